The van der Waals surface area contributed by atoms with Gasteiger partial charge in [-0.05, 0) is 35.2 Å². The molecule has 0 atom stereocenters. The van der Waals surface area contributed by atoms with Crippen LogP contribution in [0.5, 0.6) is 0 Å². The Morgan fingerprint density at radius 3 is 1.20 bits per heavy atom. The highest BCUT2D eigenvalue weighted by Crippen LogP contribution is 2.04. The van der Waals surface area contributed by atoms with Crippen LogP contribution in [0, 0.1) is 0 Å². The van der Waals surface area contributed by atoms with Crippen LogP contribution in [0.25, 0.3) is 0 Å². The third-order valence-corrected chi connectivity index (χ3v) is 2.76. The molecule has 0 aliphatic carbocycles. The van der Waals surface area contributed by atoms with Crippen molar-refractivity contribution >= 4 is 48.4 Å². The lowest BCUT2D eigenvalue weighted by Gasteiger charge is -1.97. The Labute approximate surface area is 127 Å². The summed E-state index contributed by atoms with van der Waals surface area (Å²) in [4.78, 5) is 0. The highest BCUT2D eigenvalue weighted by Gasteiger charge is 2.10. The van der Waals surface area contributed by atoms with Gasteiger partial charge in [-0.1, -0.05) is 47.5 Å². The molecule has 2 rings (SSSR count). The van der Waals surface area contributed by atoms with Crippen molar-refractivity contribution in [2.75, 3.05) is 0 Å². The van der Waals surface area contributed by atoms with Crippen molar-refractivity contribution in [3.63, 3.8) is 0 Å². The van der Waals surface area contributed by atoms with Crippen molar-refractivity contribution in [3.05, 3.63) is 58.6 Å². The van der Waals surface area contributed by atoms with E-state index in [1.54, 1.807) is 36.4 Å². The summed E-state index contributed by atoms with van der Waals surface area (Å²) in [6, 6.07) is 12.9. The molecule has 0 saturated heterocycles. The van der Waals surface area contributed by atoms with Gasteiger partial charge in [-0.15, -0.1) is 0 Å². The van der Waals surface area contributed by atoms with Gasteiger partial charge in [0.2, 0.25) is 0 Å². The second-order valence-corrected chi connectivity index (χ2v) is 4.73. The number of hydrogen-bond donors (Lipinski definition) is 4. The average molecular weight is 313 g/mol. The quantitative estimate of drug-likeness (QED) is 0.590. The van der Waals surface area contributed by atoms with Crippen molar-refractivity contribution in [2.24, 2.45) is 0 Å². The molecule has 20 heavy (non-hydrogen) atoms. The Balaban J connectivity index is 0.000000200. The molecule has 0 bridgehead atoms. The molecule has 4 nitrogen and oxygen atoms in total. The molecule has 104 valence electrons. The molecule has 4 N–H and O–H groups in total. The lowest BCUT2D eigenvalue weighted by Crippen LogP contribution is -2.29. The number of halogens is 2. The molecule has 0 unspecified atom stereocenters. The van der Waals surface area contributed by atoms with Crippen molar-refractivity contribution in [1.82, 2.24) is 0 Å². The van der Waals surface area contributed by atoms with Gasteiger partial charge in [0, 0.05) is 10.0 Å². The van der Waals surface area contributed by atoms with E-state index in [1.807, 2.05) is 0 Å². The lowest BCUT2D eigenvalue weighted by atomic mass is 9.81. The minimum absolute atomic E-state index is 0.410. The van der Waals surface area contributed by atoms with E-state index in [4.69, 9.17) is 43.3 Å². The second-order valence-electron chi connectivity index (χ2n) is 3.86. The molecule has 2 aromatic rings. The zero-order valence-electron chi connectivity index (χ0n) is 10.3. The summed E-state index contributed by atoms with van der Waals surface area (Å²) in [5.41, 5.74) is 0.819. The third-order valence-electron chi connectivity index (χ3n) is 2.29. The van der Waals surface area contributed by atoms with Gasteiger partial charge in [-0.2, -0.15) is 0 Å². The Bertz CT molecular complexity index is 503. The summed E-state index contributed by atoms with van der Waals surface area (Å²) in [5, 5.41) is 35.6. The van der Waals surface area contributed by atoms with E-state index in [-0.39, 0.29) is 0 Å². The number of hydrogen-bond acceptors (Lipinski definition) is 4. The largest absolute Gasteiger partial charge is 0.488 e. The molecule has 0 saturated carbocycles. The van der Waals surface area contributed by atoms with Crippen LogP contribution in [0.2, 0.25) is 10.0 Å². The Morgan fingerprint density at radius 1 is 0.650 bits per heavy atom. The van der Waals surface area contributed by atoms with Gasteiger partial charge in [0.15, 0.2) is 0 Å². The molecule has 0 amide bonds. The van der Waals surface area contributed by atoms with Gasteiger partial charge in [0.1, 0.15) is 0 Å². The Hall–Kier alpha value is -1.01. The second kappa shape index (κ2) is 8.32. The summed E-state index contributed by atoms with van der Waals surface area (Å²) in [7, 11) is -2.86. The maximum Gasteiger partial charge on any atom is 0.488 e. The number of benzene rings is 2. The third kappa shape index (κ3) is 5.96. The van der Waals surface area contributed by atoms with Crippen molar-refractivity contribution in [1.29, 1.82) is 0 Å². The molecule has 8 heteroatoms. The molecule has 0 aromatic heterocycles. The van der Waals surface area contributed by atoms with Gasteiger partial charge in [-0.25, -0.2) is 0 Å². The van der Waals surface area contributed by atoms with Gasteiger partial charge < -0.3 is 20.1 Å². The van der Waals surface area contributed by atoms with Gasteiger partial charge in [0.25, 0.3) is 0 Å². The maximum atomic E-state index is 8.65. The molecule has 0 aliphatic heterocycles. The van der Waals surface area contributed by atoms with Crippen LogP contribution >= 0.6 is 23.2 Å². The predicted octanol–water partition coefficient (Wildman–Crippen LogP) is 0.0396. The van der Waals surface area contributed by atoms with E-state index in [1.165, 1.54) is 12.1 Å². The topological polar surface area (TPSA) is 80.9 Å². The molecular formula is C12H12B2Cl2O4. The molecule has 0 heterocycles. The average Bonchev–Trinajstić information content (AvgIpc) is 2.39. The van der Waals surface area contributed by atoms with E-state index in [9.17, 15) is 0 Å². The molecule has 0 aliphatic rings. The van der Waals surface area contributed by atoms with Gasteiger partial charge in [-0.3, -0.25) is 0 Å². The first-order valence-corrected chi connectivity index (χ1v) is 6.39. The Kier molecular flexibility index (Phi) is 7.09. The van der Waals surface area contributed by atoms with Crippen LogP contribution < -0.4 is 10.9 Å². The summed E-state index contributed by atoms with van der Waals surface area (Å²) in [5.74, 6) is 0. The van der Waals surface area contributed by atoms with E-state index in [0.29, 0.717) is 21.0 Å². The van der Waals surface area contributed by atoms with Crippen LogP contribution in [0.1, 0.15) is 0 Å². The first kappa shape index (κ1) is 17.0. The molecule has 0 spiro atoms. The van der Waals surface area contributed by atoms with E-state index in [2.05, 4.69) is 0 Å². The summed E-state index contributed by atoms with van der Waals surface area (Å²) in [6.45, 7) is 0. The fraction of sp³-hybridized carbons (Fsp3) is 0. The van der Waals surface area contributed by atoms with Crippen LogP contribution in [-0.4, -0.2) is 34.3 Å². The number of rotatable bonds is 2. The zero-order chi connectivity index (χ0) is 15.1. The van der Waals surface area contributed by atoms with Crippen LogP contribution in [0.15, 0.2) is 48.5 Å². The lowest BCUT2D eigenvalue weighted by molar-refractivity contribution is 0.424. The van der Waals surface area contributed by atoms with E-state index in [0.717, 1.165) is 0 Å². The van der Waals surface area contributed by atoms with E-state index >= 15 is 0 Å². The summed E-state index contributed by atoms with van der Waals surface area (Å²) >= 11 is 11.1. The van der Waals surface area contributed by atoms with Crippen molar-refractivity contribution < 1.29 is 20.1 Å². The maximum absolute atomic E-state index is 8.65. The first-order valence-electron chi connectivity index (χ1n) is 5.63. The van der Waals surface area contributed by atoms with Gasteiger partial charge in [0.05, 0.1) is 0 Å². The standard InChI is InChI=1S/2C6H6BClO2/c2*8-6-3-1-2-5(4-6)7(9)10/h2*1-4,9-10H. The highest BCUT2D eigenvalue weighted by atomic mass is 35.5. The highest BCUT2D eigenvalue weighted by molar-refractivity contribution is 6.59. The van der Waals surface area contributed by atoms with Crippen LogP contribution in [-0.2, 0) is 0 Å². The van der Waals surface area contributed by atoms with E-state index < -0.39 is 14.2 Å². The SMILES string of the molecule is OB(O)c1cccc(Cl)c1.OB(O)c1cccc(Cl)c1. The predicted molar refractivity (Wildman–Crippen MR) is 82.6 cm³/mol. The Morgan fingerprint density at radius 2 is 1.00 bits per heavy atom. The fourth-order valence-corrected chi connectivity index (χ4v) is 1.73. The summed E-state index contributed by atoms with van der Waals surface area (Å²) < 4.78 is 0. The molecule has 0 fully saturated rings. The molecule has 2 aromatic carbocycles. The normalized spacial score (nSPS) is 9.50. The van der Waals surface area contributed by atoms with Crippen molar-refractivity contribution in [3.8, 4) is 0 Å². The molecular weight excluding hydrogens is 301 g/mol. The van der Waals surface area contributed by atoms with Crippen LogP contribution in [0.4, 0.5) is 0 Å². The summed E-state index contributed by atoms with van der Waals surface area (Å²) in [6.07, 6.45) is 0. The minimum atomic E-state index is -1.43. The van der Waals surface area contributed by atoms with Crippen molar-refractivity contribution in [2.45, 2.75) is 0 Å². The van der Waals surface area contributed by atoms with Crippen LogP contribution in [0.3, 0.4) is 0 Å². The fourth-order valence-electron chi connectivity index (χ4n) is 1.33. The minimum Gasteiger partial charge on any atom is -0.423 e. The zero-order valence-corrected chi connectivity index (χ0v) is 11.8. The molecule has 0 radical (unpaired) electrons. The van der Waals surface area contributed by atoms with Gasteiger partial charge >= 0.3 is 14.2 Å². The first-order chi connectivity index (χ1) is 9.40. The monoisotopic (exact) mass is 312 g/mol. The smallest absolute Gasteiger partial charge is 0.423 e.